The monoisotopic (exact) mass is 658 g/mol. The quantitative estimate of drug-likeness (QED) is 0.168. The Hall–Kier alpha value is -4.38. The van der Waals surface area contributed by atoms with E-state index in [2.05, 4.69) is 25.1 Å². The fraction of sp³-hybridized carbons (Fsp3) is 0.421. The largest absolute Gasteiger partial charge is 0.463 e. The fourth-order valence-corrected chi connectivity index (χ4v) is 7.00. The molecule has 1 spiro atoms. The summed E-state index contributed by atoms with van der Waals surface area (Å²) in [7, 11) is 0. The zero-order chi connectivity index (χ0) is 34.5. The molecule has 3 aromatic rings. The highest BCUT2D eigenvalue weighted by atomic mass is 16.5. The summed E-state index contributed by atoms with van der Waals surface area (Å²) in [5.41, 5.74) is 4.75. The molecule has 0 aromatic heterocycles. The van der Waals surface area contributed by atoms with Crippen LogP contribution in [0.25, 0.3) is 0 Å². The lowest BCUT2D eigenvalue weighted by Crippen LogP contribution is -2.34. The van der Waals surface area contributed by atoms with Crippen molar-refractivity contribution in [3.63, 3.8) is 0 Å². The van der Waals surface area contributed by atoms with Gasteiger partial charge in [0.15, 0.2) is 0 Å². The molecular weight excluding hydrogens is 616 g/mol. The molecule has 2 aliphatic rings. The van der Waals surface area contributed by atoms with Crippen LogP contribution >= 0.6 is 0 Å². The SMILES string of the molecule is CCc1ccc2c(c1)C(C)(O)CC21c2ccc(OC(=O)CCC(=O)CCCO)cc2Cc2cc(OC(=O)CCC(=O)OCCO)ccc21. The zero-order valence-electron chi connectivity index (χ0n) is 27.4. The average molecular weight is 659 g/mol. The maximum Gasteiger partial charge on any atom is 0.311 e. The maximum absolute atomic E-state index is 12.7. The molecular formula is C38H42O10. The first-order valence-corrected chi connectivity index (χ1v) is 16.4. The van der Waals surface area contributed by atoms with E-state index < -0.39 is 28.9 Å². The van der Waals surface area contributed by atoms with Crippen LogP contribution in [0.4, 0.5) is 0 Å². The lowest BCUT2D eigenvalue weighted by Gasteiger charge is -2.40. The van der Waals surface area contributed by atoms with E-state index in [0.717, 1.165) is 45.4 Å². The number of esters is 3. The van der Waals surface area contributed by atoms with E-state index >= 15 is 0 Å². The van der Waals surface area contributed by atoms with Crippen LogP contribution in [0.3, 0.4) is 0 Å². The van der Waals surface area contributed by atoms with Gasteiger partial charge in [-0.1, -0.05) is 37.3 Å². The number of aliphatic hydroxyl groups is 3. The summed E-state index contributed by atoms with van der Waals surface area (Å²) in [5, 5.41) is 29.6. The Morgan fingerprint density at radius 1 is 0.708 bits per heavy atom. The number of carbonyl (C=O) groups excluding carboxylic acids is 4. The number of hydrogen-bond donors (Lipinski definition) is 3. The Morgan fingerprint density at radius 3 is 1.88 bits per heavy atom. The van der Waals surface area contributed by atoms with Crippen LogP contribution in [0.15, 0.2) is 54.6 Å². The number of fused-ring (bicyclic) bond motifs is 6. The molecule has 2 aliphatic carbocycles. The van der Waals surface area contributed by atoms with Gasteiger partial charge < -0.3 is 29.5 Å². The van der Waals surface area contributed by atoms with Crippen LogP contribution in [-0.4, -0.2) is 58.8 Å². The highest BCUT2D eigenvalue weighted by Gasteiger charge is 2.54. The number of hydrogen-bond acceptors (Lipinski definition) is 10. The summed E-state index contributed by atoms with van der Waals surface area (Å²) in [4.78, 5) is 49.1. The third-order valence-corrected chi connectivity index (χ3v) is 9.17. The number of rotatable bonds is 14. The molecule has 10 nitrogen and oxygen atoms in total. The lowest BCUT2D eigenvalue weighted by molar-refractivity contribution is -0.147. The van der Waals surface area contributed by atoms with Gasteiger partial charge in [-0.05, 0) is 95.8 Å². The molecule has 3 aromatic carbocycles. The second kappa shape index (κ2) is 14.8. The molecule has 5 rings (SSSR count). The van der Waals surface area contributed by atoms with E-state index in [1.807, 2.05) is 25.1 Å². The number of aryl methyl sites for hydroxylation is 1. The Labute approximate surface area is 279 Å². The van der Waals surface area contributed by atoms with Crippen LogP contribution in [-0.2, 0) is 47.8 Å². The highest BCUT2D eigenvalue weighted by molar-refractivity contribution is 5.83. The van der Waals surface area contributed by atoms with Gasteiger partial charge in [0.25, 0.3) is 0 Å². The van der Waals surface area contributed by atoms with Crippen LogP contribution in [0.1, 0.15) is 97.7 Å². The van der Waals surface area contributed by atoms with Crippen LogP contribution < -0.4 is 9.47 Å². The molecule has 0 heterocycles. The van der Waals surface area contributed by atoms with Crippen molar-refractivity contribution in [3.8, 4) is 11.5 Å². The van der Waals surface area contributed by atoms with Crippen molar-refractivity contribution in [3.05, 3.63) is 93.5 Å². The Bertz CT molecular complexity index is 1620. The zero-order valence-corrected chi connectivity index (χ0v) is 27.4. The minimum atomic E-state index is -1.14. The predicted molar refractivity (Wildman–Crippen MR) is 175 cm³/mol. The fourth-order valence-electron chi connectivity index (χ4n) is 7.00. The van der Waals surface area contributed by atoms with Crippen molar-refractivity contribution < 1.29 is 48.7 Å². The van der Waals surface area contributed by atoms with Crippen molar-refractivity contribution in [1.82, 2.24) is 0 Å². The van der Waals surface area contributed by atoms with Gasteiger partial charge in [-0.3, -0.25) is 19.2 Å². The topological polar surface area (TPSA) is 157 Å². The van der Waals surface area contributed by atoms with Crippen molar-refractivity contribution in [2.24, 2.45) is 0 Å². The molecule has 0 bridgehead atoms. The molecule has 0 saturated carbocycles. The maximum atomic E-state index is 12.7. The molecule has 2 atom stereocenters. The Morgan fingerprint density at radius 2 is 1.29 bits per heavy atom. The van der Waals surface area contributed by atoms with E-state index in [-0.39, 0.29) is 57.7 Å². The minimum Gasteiger partial charge on any atom is -0.463 e. The molecule has 0 saturated heterocycles. The minimum absolute atomic E-state index is 0.0389. The van der Waals surface area contributed by atoms with Crippen molar-refractivity contribution in [2.45, 2.75) is 82.7 Å². The molecule has 0 radical (unpaired) electrons. The third kappa shape index (κ3) is 7.36. The van der Waals surface area contributed by atoms with E-state index in [1.54, 1.807) is 18.2 Å². The Kier molecular flexibility index (Phi) is 10.8. The number of Topliss-reactive ketones (excluding diaryl/α,β-unsaturated/α-hetero) is 1. The Balaban J connectivity index is 1.47. The van der Waals surface area contributed by atoms with Crippen LogP contribution in [0.5, 0.6) is 11.5 Å². The summed E-state index contributed by atoms with van der Waals surface area (Å²) in [6, 6.07) is 17.2. The van der Waals surface area contributed by atoms with Crippen LogP contribution in [0, 0.1) is 0 Å². The van der Waals surface area contributed by atoms with E-state index in [9.17, 15) is 24.3 Å². The molecule has 10 heteroatoms. The number of ketones is 1. The summed E-state index contributed by atoms with van der Waals surface area (Å²) in [5.74, 6) is -1.21. The average Bonchev–Trinajstić information content (AvgIpc) is 3.30. The molecule has 0 fully saturated rings. The predicted octanol–water partition coefficient (Wildman–Crippen LogP) is 4.35. The molecule has 48 heavy (non-hydrogen) atoms. The van der Waals surface area contributed by atoms with Crippen LogP contribution in [0.2, 0.25) is 0 Å². The second-order valence-electron chi connectivity index (χ2n) is 12.7. The molecule has 0 aliphatic heterocycles. The first kappa shape index (κ1) is 34.9. The van der Waals surface area contributed by atoms with Gasteiger partial charge in [0, 0.05) is 24.9 Å². The first-order chi connectivity index (χ1) is 23.0. The van der Waals surface area contributed by atoms with Crippen molar-refractivity contribution >= 4 is 23.7 Å². The smallest absolute Gasteiger partial charge is 0.311 e. The number of aliphatic hydroxyl groups excluding tert-OH is 2. The molecule has 254 valence electrons. The van der Waals surface area contributed by atoms with Gasteiger partial charge in [0.2, 0.25) is 0 Å². The molecule has 0 amide bonds. The highest BCUT2D eigenvalue weighted by Crippen LogP contribution is 2.59. The summed E-state index contributed by atoms with van der Waals surface area (Å²) >= 11 is 0. The first-order valence-electron chi connectivity index (χ1n) is 16.4. The van der Waals surface area contributed by atoms with Crippen molar-refractivity contribution in [1.29, 1.82) is 0 Å². The normalized spacial score (nSPS) is 18.9. The van der Waals surface area contributed by atoms with Crippen molar-refractivity contribution in [2.75, 3.05) is 19.8 Å². The second-order valence-corrected chi connectivity index (χ2v) is 12.7. The molecule has 3 N–H and O–H groups in total. The number of benzene rings is 3. The standard InChI is InChI=1S/C38H42O10/c1-3-24-6-10-32-33(19-24)37(2,45)23-38(32)30-11-8-28(47-35(43)13-7-27(41)5-4-16-39)21-25(30)20-26-22-29(9-12-31(26)38)48-36(44)15-14-34(42)46-18-17-40/h6,8-12,19,21-22,39-40,45H,3-5,7,13-18,20,23H2,1-2H3. The van der Waals surface area contributed by atoms with Gasteiger partial charge in [0.1, 0.15) is 23.9 Å². The lowest BCUT2D eigenvalue weighted by atomic mass is 9.63. The van der Waals surface area contributed by atoms with E-state index in [1.165, 1.54) is 0 Å². The summed E-state index contributed by atoms with van der Waals surface area (Å²) in [6.07, 6.45) is 1.79. The van der Waals surface area contributed by atoms with Gasteiger partial charge in [0.05, 0.1) is 31.5 Å². The summed E-state index contributed by atoms with van der Waals surface area (Å²) < 4.78 is 16.1. The van der Waals surface area contributed by atoms with Gasteiger partial charge >= 0.3 is 17.9 Å². The van der Waals surface area contributed by atoms with Gasteiger partial charge in [-0.2, -0.15) is 0 Å². The van der Waals surface area contributed by atoms with Gasteiger partial charge in [-0.15, -0.1) is 0 Å². The molecule has 2 unspecified atom stereocenters. The van der Waals surface area contributed by atoms with E-state index in [0.29, 0.717) is 30.8 Å². The number of ether oxygens (including phenoxy) is 3. The third-order valence-electron chi connectivity index (χ3n) is 9.17. The van der Waals surface area contributed by atoms with E-state index in [4.69, 9.17) is 24.4 Å². The number of carbonyl (C=O) groups is 4. The van der Waals surface area contributed by atoms with Gasteiger partial charge in [-0.25, -0.2) is 0 Å². The summed E-state index contributed by atoms with van der Waals surface area (Å²) in [6.45, 7) is 3.38.